The molecular weight excluding hydrogens is 212 g/mol. The molecule has 0 aromatic carbocycles. The van der Waals surface area contributed by atoms with Crippen LogP contribution in [-0.4, -0.2) is 10.9 Å². The SMILES string of the molecule is Fc1ncc(Cl)cc1C=CCCCl. The molecule has 0 atom stereocenters. The van der Waals surface area contributed by atoms with Gasteiger partial charge in [0.15, 0.2) is 0 Å². The first kappa shape index (κ1) is 10.5. The van der Waals surface area contributed by atoms with E-state index in [4.69, 9.17) is 23.2 Å². The van der Waals surface area contributed by atoms with Gasteiger partial charge in [-0.05, 0) is 12.5 Å². The fourth-order valence-electron chi connectivity index (χ4n) is 0.828. The van der Waals surface area contributed by atoms with Crippen LogP contribution in [0.5, 0.6) is 0 Å². The zero-order valence-electron chi connectivity index (χ0n) is 6.80. The molecule has 1 rings (SSSR count). The van der Waals surface area contributed by atoms with E-state index in [1.807, 2.05) is 0 Å². The van der Waals surface area contributed by atoms with Gasteiger partial charge in [-0.25, -0.2) is 4.98 Å². The lowest BCUT2D eigenvalue weighted by molar-refractivity contribution is 0.581. The van der Waals surface area contributed by atoms with Crippen molar-refractivity contribution in [3.63, 3.8) is 0 Å². The van der Waals surface area contributed by atoms with Crippen LogP contribution in [0.2, 0.25) is 5.02 Å². The molecule has 0 saturated carbocycles. The van der Waals surface area contributed by atoms with Crippen molar-refractivity contribution in [3.8, 4) is 0 Å². The lowest BCUT2D eigenvalue weighted by Gasteiger charge is -1.95. The highest BCUT2D eigenvalue weighted by Gasteiger charge is 1.99. The first-order chi connectivity index (χ1) is 6.24. The van der Waals surface area contributed by atoms with Gasteiger partial charge >= 0.3 is 0 Å². The summed E-state index contributed by atoms with van der Waals surface area (Å²) in [5, 5.41) is 0.423. The van der Waals surface area contributed by atoms with Gasteiger partial charge in [0.2, 0.25) is 5.95 Å². The van der Waals surface area contributed by atoms with Gasteiger partial charge in [-0.2, -0.15) is 4.39 Å². The summed E-state index contributed by atoms with van der Waals surface area (Å²) in [4.78, 5) is 3.47. The van der Waals surface area contributed by atoms with Crippen molar-refractivity contribution in [3.05, 3.63) is 34.9 Å². The summed E-state index contributed by atoms with van der Waals surface area (Å²) < 4.78 is 12.9. The van der Waals surface area contributed by atoms with Crippen LogP contribution in [0.25, 0.3) is 6.08 Å². The zero-order valence-corrected chi connectivity index (χ0v) is 8.32. The minimum atomic E-state index is -0.518. The van der Waals surface area contributed by atoms with Crippen molar-refractivity contribution < 1.29 is 4.39 Å². The van der Waals surface area contributed by atoms with Crippen molar-refractivity contribution >= 4 is 29.3 Å². The van der Waals surface area contributed by atoms with Crippen LogP contribution in [0.15, 0.2) is 18.3 Å². The number of hydrogen-bond acceptors (Lipinski definition) is 1. The highest BCUT2D eigenvalue weighted by molar-refractivity contribution is 6.30. The smallest absolute Gasteiger partial charge is 0.220 e. The molecule has 1 aromatic rings. The van der Waals surface area contributed by atoms with Gasteiger partial charge < -0.3 is 0 Å². The summed E-state index contributed by atoms with van der Waals surface area (Å²) in [5.74, 6) is 0.00164. The number of allylic oxidation sites excluding steroid dienone is 1. The summed E-state index contributed by atoms with van der Waals surface area (Å²) >= 11 is 11.1. The Morgan fingerprint density at radius 2 is 2.31 bits per heavy atom. The minimum absolute atomic E-state index is 0.387. The van der Waals surface area contributed by atoms with Crippen molar-refractivity contribution in [2.45, 2.75) is 6.42 Å². The largest absolute Gasteiger partial charge is 0.226 e. The maximum absolute atomic E-state index is 12.9. The molecule has 70 valence electrons. The summed E-state index contributed by atoms with van der Waals surface area (Å²) in [6.45, 7) is 0. The van der Waals surface area contributed by atoms with Gasteiger partial charge in [-0.15, -0.1) is 11.6 Å². The third-order valence-electron chi connectivity index (χ3n) is 1.41. The van der Waals surface area contributed by atoms with Crippen molar-refractivity contribution in [2.24, 2.45) is 0 Å². The van der Waals surface area contributed by atoms with E-state index < -0.39 is 5.95 Å². The Balaban J connectivity index is 2.81. The molecule has 0 aliphatic rings. The van der Waals surface area contributed by atoms with Crippen molar-refractivity contribution in [2.75, 3.05) is 5.88 Å². The molecule has 0 aliphatic carbocycles. The first-order valence-corrected chi connectivity index (χ1v) is 4.69. The Labute approximate surface area is 86.2 Å². The molecule has 0 N–H and O–H groups in total. The normalized spacial score (nSPS) is 11.0. The van der Waals surface area contributed by atoms with Gasteiger partial charge in [0, 0.05) is 17.6 Å². The average molecular weight is 220 g/mol. The molecule has 0 bridgehead atoms. The molecule has 4 heteroatoms. The summed E-state index contributed by atoms with van der Waals surface area (Å²) in [6.07, 6.45) is 5.38. The first-order valence-electron chi connectivity index (χ1n) is 3.77. The van der Waals surface area contributed by atoms with Crippen LogP contribution in [-0.2, 0) is 0 Å². The Hall–Kier alpha value is -0.600. The van der Waals surface area contributed by atoms with E-state index in [-0.39, 0.29) is 0 Å². The van der Waals surface area contributed by atoms with Crippen LogP contribution in [0, 0.1) is 5.95 Å². The summed E-state index contributed by atoms with van der Waals surface area (Å²) in [5.41, 5.74) is 0.387. The molecule has 1 aromatic heterocycles. The number of pyridine rings is 1. The fraction of sp³-hybridized carbons (Fsp3) is 0.222. The quantitative estimate of drug-likeness (QED) is 0.561. The molecule has 0 amide bonds. The van der Waals surface area contributed by atoms with Crippen molar-refractivity contribution in [1.82, 2.24) is 4.98 Å². The van der Waals surface area contributed by atoms with E-state index in [1.54, 1.807) is 12.2 Å². The molecule has 1 nitrogen and oxygen atoms in total. The number of hydrogen-bond donors (Lipinski definition) is 0. The van der Waals surface area contributed by atoms with E-state index in [9.17, 15) is 4.39 Å². The predicted octanol–water partition coefficient (Wildman–Crippen LogP) is 3.52. The molecular formula is C9H8Cl2FN. The molecule has 0 fully saturated rings. The summed E-state index contributed by atoms with van der Waals surface area (Å²) in [7, 11) is 0. The second-order valence-electron chi connectivity index (χ2n) is 2.41. The van der Waals surface area contributed by atoms with E-state index in [1.165, 1.54) is 12.3 Å². The zero-order chi connectivity index (χ0) is 9.68. The van der Waals surface area contributed by atoms with Gasteiger partial charge in [0.25, 0.3) is 0 Å². The molecule has 0 radical (unpaired) electrons. The topological polar surface area (TPSA) is 12.9 Å². The van der Waals surface area contributed by atoms with Crippen LogP contribution in [0.4, 0.5) is 4.39 Å². The van der Waals surface area contributed by atoms with Gasteiger partial charge in [-0.3, -0.25) is 0 Å². The van der Waals surface area contributed by atoms with E-state index in [0.29, 0.717) is 22.9 Å². The third kappa shape index (κ3) is 3.33. The fourth-order valence-corrected chi connectivity index (χ4v) is 1.12. The Morgan fingerprint density at radius 3 is 3.00 bits per heavy atom. The van der Waals surface area contributed by atoms with Crippen LogP contribution >= 0.6 is 23.2 Å². The Bertz CT molecular complexity index is 312. The third-order valence-corrected chi connectivity index (χ3v) is 1.83. The molecule has 13 heavy (non-hydrogen) atoms. The maximum Gasteiger partial charge on any atom is 0.220 e. The van der Waals surface area contributed by atoms with E-state index in [0.717, 1.165) is 0 Å². The maximum atomic E-state index is 12.9. The highest BCUT2D eigenvalue weighted by atomic mass is 35.5. The summed E-state index contributed by atoms with van der Waals surface area (Å²) in [6, 6.07) is 1.52. The molecule has 0 aliphatic heterocycles. The van der Waals surface area contributed by atoms with Gasteiger partial charge in [-0.1, -0.05) is 23.8 Å². The lowest BCUT2D eigenvalue weighted by Crippen LogP contribution is -1.86. The molecule has 0 unspecified atom stereocenters. The Kier molecular flexibility index (Phi) is 4.19. The van der Waals surface area contributed by atoms with Crippen molar-refractivity contribution in [1.29, 1.82) is 0 Å². The number of aromatic nitrogens is 1. The van der Waals surface area contributed by atoms with Gasteiger partial charge in [0.05, 0.1) is 5.02 Å². The Morgan fingerprint density at radius 1 is 1.54 bits per heavy atom. The number of alkyl halides is 1. The molecule has 0 saturated heterocycles. The molecule has 0 spiro atoms. The predicted molar refractivity (Wildman–Crippen MR) is 53.6 cm³/mol. The number of rotatable bonds is 3. The molecule has 1 heterocycles. The second kappa shape index (κ2) is 5.20. The van der Waals surface area contributed by atoms with Crippen LogP contribution < -0.4 is 0 Å². The monoisotopic (exact) mass is 219 g/mol. The average Bonchev–Trinajstić information content (AvgIpc) is 2.11. The standard InChI is InChI=1S/C9H8Cl2FN/c10-4-2-1-3-7-5-8(11)6-13-9(7)12/h1,3,5-6H,2,4H2. The minimum Gasteiger partial charge on any atom is -0.226 e. The van der Waals surface area contributed by atoms with Crippen LogP contribution in [0.3, 0.4) is 0 Å². The van der Waals surface area contributed by atoms with Gasteiger partial charge in [0.1, 0.15) is 0 Å². The van der Waals surface area contributed by atoms with Crippen LogP contribution in [0.1, 0.15) is 12.0 Å². The van der Waals surface area contributed by atoms with E-state index in [2.05, 4.69) is 4.98 Å². The lowest BCUT2D eigenvalue weighted by atomic mass is 10.2. The number of nitrogens with zero attached hydrogens (tertiary/aromatic N) is 1. The van der Waals surface area contributed by atoms with E-state index >= 15 is 0 Å². The highest BCUT2D eigenvalue weighted by Crippen LogP contribution is 2.13. The second-order valence-corrected chi connectivity index (χ2v) is 3.23. The number of halogens is 3.